The van der Waals surface area contributed by atoms with Crippen molar-refractivity contribution in [3.8, 4) is 5.75 Å². The Morgan fingerprint density at radius 3 is 2.73 bits per heavy atom. The first-order valence-electron chi connectivity index (χ1n) is 9.96. The summed E-state index contributed by atoms with van der Waals surface area (Å²) in [5.41, 5.74) is 1.31. The highest BCUT2D eigenvalue weighted by molar-refractivity contribution is 7.99. The van der Waals surface area contributed by atoms with E-state index in [1.807, 2.05) is 6.07 Å². The van der Waals surface area contributed by atoms with Crippen molar-refractivity contribution in [1.82, 2.24) is 25.1 Å². The number of hydrogen-bond donors (Lipinski definition) is 2. The van der Waals surface area contributed by atoms with Crippen molar-refractivity contribution in [2.24, 2.45) is 0 Å². The Labute approximate surface area is 180 Å². The van der Waals surface area contributed by atoms with Crippen LogP contribution in [0.2, 0.25) is 0 Å². The van der Waals surface area contributed by atoms with Gasteiger partial charge in [0.15, 0.2) is 10.8 Å². The number of benzene rings is 1. The van der Waals surface area contributed by atoms with Gasteiger partial charge >= 0.3 is 0 Å². The van der Waals surface area contributed by atoms with Gasteiger partial charge in [0, 0.05) is 23.4 Å². The van der Waals surface area contributed by atoms with Crippen LogP contribution in [0.15, 0.2) is 35.6 Å². The Hall–Kier alpha value is -2.81. The Balaban J connectivity index is 1.76. The van der Waals surface area contributed by atoms with Crippen LogP contribution in [0.4, 0.5) is 5.82 Å². The van der Waals surface area contributed by atoms with Crippen LogP contribution < -0.4 is 15.4 Å². The van der Waals surface area contributed by atoms with E-state index in [4.69, 9.17) is 9.72 Å². The van der Waals surface area contributed by atoms with Gasteiger partial charge in [0.1, 0.15) is 11.6 Å². The van der Waals surface area contributed by atoms with Crippen LogP contribution >= 0.6 is 11.8 Å². The summed E-state index contributed by atoms with van der Waals surface area (Å²) in [6.45, 7) is 9.29. The van der Waals surface area contributed by atoms with Crippen molar-refractivity contribution >= 4 is 34.5 Å². The van der Waals surface area contributed by atoms with Crippen LogP contribution in [-0.4, -0.2) is 50.6 Å². The van der Waals surface area contributed by atoms with Crippen molar-refractivity contribution in [3.63, 3.8) is 0 Å². The monoisotopic (exact) mass is 428 g/mol. The fraction of sp³-hybridized carbons (Fsp3) is 0.429. The van der Waals surface area contributed by atoms with Crippen LogP contribution in [0.5, 0.6) is 5.75 Å². The number of amides is 1. The number of anilines is 1. The SMILES string of the molecule is COc1cccc(C(=O)NCCn2ncc3c(NC(C)C)nc(SC(C)C)nc32)c1. The van der Waals surface area contributed by atoms with Gasteiger partial charge in [0.05, 0.1) is 25.2 Å². The lowest BCUT2D eigenvalue weighted by molar-refractivity contribution is 0.0951. The molecule has 0 atom stereocenters. The Morgan fingerprint density at radius 2 is 2.03 bits per heavy atom. The molecule has 0 unspecified atom stereocenters. The fourth-order valence-corrected chi connectivity index (χ4v) is 3.59. The highest BCUT2D eigenvalue weighted by Crippen LogP contribution is 2.26. The minimum atomic E-state index is -0.154. The summed E-state index contributed by atoms with van der Waals surface area (Å²) < 4.78 is 6.98. The van der Waals surface area contributed by atoms with Crippen molar-refractivity contribution in [2.45, 2.75) is 50.7 Å². The maximum Gasteiger partial charge on any atom is 0.251 e. The van der Waals surface area contributed by atoms with Crippen LogP contribution in [0.25, 0.3) is 11.0 Å². The molecule has 3 rings (SSSR count). The molecule has 0 spiro atoms. The summed E-state index contributed by atoms with van der Waals surface area (Å²) in [7, 11) is 1.58. The number of fused-ring (bicyclic) bond motifs is 1. The molecule has 0 aliphatic carbocycles. The Bertz CT molecular complexity index is 1020. The third-order valence-corrected chi connectivity index (χ3v) is 5.05. The van der Waals surface area contributed by atoms with Crippen LogP contribution in [-0.2, 0) is 6.54 Å². The average molecular weight is 429 g/mol. The summed E-state index contributed by atoms with van der Waals surface area (Å²) in [5, 5.41) is 12.7. The van der Waals surface area contributed by atoms with Crippen molar-refractivity contribution in [2.75, 3.05) is 19.0 Å². The van der Waals surface area contributed by atoms with E-state index < -0.39 is 0 Å². The molecule has 2 aromatic heterocycles. The third-order valence-electron chi connectivity index (χ3n) is 4.18. The number of nitrogens with one attached hydrogen (secondary N) is 2. The second-order valence-electron chi connectivity index (χ2n) is 7.41. The molecule has 1 aromatic carbocycles. The molecule has 0 saturated heterocycles. The van der Waals surface area contributed by atoms with Crippen molar-refractivity contribution in [3.05, 3.63) is 36.0 Å². The van der Waals surface area contributed by atoms with Crippen LogP contribution in [0.1, 0.15) is 38.1 Å². The fourth-order valence-electron chi connectivity index (χ4n) is 2.89. The molecular formula is C21H28N6O2S. The molecule has 8 nitrogen and oxygen atoms in total. The zero-order chi connectivity index (χ0) is 21.7. The zero-order valence-corrected chi connectivity index (χ0v) is 18.8. The van der Waals surface area contributed by atoms with E-state index in [-0.39, 0.29) is 11.9 Å². The van der Waals surface area contributed by atoms with E-state index in [2.05, 4.69) is 48.4 Å². The van der Waals surface area contributed by atoms with Crippen LogP contribution in [0, 0.1) is 0 Å². The predicted octanol–water partition coefficient (Wildman–Crippen LogP) is 3.59. The number of rotatable bonds is 9. The number of methoxy groups -OCH3 is 1. The summed E-state index contributed by atoms with van der Waals surface area (Å²) >= 11 is 1.61. The van der Waals surface area contributed by atoms with E-state index >= 15 is 0 Å². The molecule has 0 aliphatic rings. The van der Waals surface area contributed by atoms with Gasteiger partial charge in [-0.2, -0.15) is 5.10 Å². The number of carbonyl (C=O) groups excluding carboxylic acids is 1. The molecule has 0 saturated carbocycles. The molecule has 0 fully saturated rings. The topological polar surface area (TPSA) is 94.0 Å². The van der Waals surface area contributed by atoms with Gasteiger partial charge in [-0.25, -0.2) is 14.6 Å². The standard InChI is InChI=1S/C21H28N6O2S/c1-13(2)24-18-17-12-23-27(19(17)26-21(25-18)30-14(3)4)10-9-22-20(28)15-7-6-8-16(11-15)29-5/h6-8,11-14H,9-10H2,1-5H3,(H,22,28)(H,24,25,26). The normalized spacial score (nSPS) is 11.3. The molecular weight excluding hydrogens is 400 g/mol. The second kappa shape index (κ2) is 9.80. The number of hydrogen-bond acceptors (Lipinski definition) is 7. The first-order chi connectivity index (χ1) is 14.4. The van der Waals surface area contributed by atoms with Gasteiger partial charge in [-0.05, 0) is 32.0 Å². The molecule has 3 aromatic rings. The van der Waals surface area contributed by atoms with Crippen molar-refractivity contribution < 1.29 is 9.53 Å². The minimum Gasteiger partial charge on any atom is -0.497 e. The maximum atomic E-state index is 12.4. The van der Waals surface area contributed by atoms with Gasteiger partial charge in [0.2, 0.25) is 0 Å². The highest BCUT2D eigenvalue weighted by Gasteiger charge is 2.15. The van der Waals surface area contributed by atoms with E-state index in [9.17, 15) is 4.79 Å². The maximum absolute atomic E-state index is 12.4. The molecule has 9 heteroatoms. The minimum absolute atomic E-state index is 0.154. The van der Waals surface area contributed by atoms with Gasteiger partial charge in [-0.3, -0.25) is 4.79 Å². The highest BCUT2D eigenvalue weighted by atomic mass is 32.2. The first kappa shape index (κ1) is 21.9. The number of aromatic nitrogens is 4. The largest absolute Gasteiger partial charge is 0.497 e. The van der Waals surface area contributed by atoms with Gasteiger partial charge in [-0.15, -0.1) is 0 Å². The quantitative estimate of drug-likeness (QED) is 0.397. The molecule has 0 aliphatic heterocycles. The van der Waals surface area contributed by atoms with E-state index in [1.165, 1.54) is 0 Å². The molecule has 2 heterocycles. The number of carbonyl (C=O) groups is 1. The number of thioether (sulfide) groups is 1. The molecule has 30 heavy (non-hydrogen) atoms. The summed E-state index contributed by atoms with van der Waals surface area (Å²) in [6.07, 6.45) is 1.77. The molecule has 2 N–H and O–H groups in total. The van der Waals surface area contributed by atoms with Crippen molar-refractivity contribution in [1.29, 1.82) is 0 Å². The summed E-state index contributed by atoms with van der Waals surface area (Å²) in [4.78, 5) is 21.8. The van der Waals surface area contributed by atoms with E-state index in [0.717, 1.165) is 16.9 Å². The van der Waals surface area contributed by atoms with Gasteiger partial charge < -0.3 is 15.4 Å². The Kier molecular flexibility index (Phi) is 7.15. The number of nitrogens with zero attached hydrogens (tertiary/aromatic N) is 4. The lowest BCUT2D eigenvalue weighted by atomic mass is 10.2. The average Bonchev–Trinajstić information content (AvgIpc) is 3.10. The predicted molar refractivity (Wildman–Crippen MR) is 120 cm³/mol. The number of ether oxygens (including phenoxy) is 1. The summed E-state index contributed by atoms with van der Waals surface area (Å²) in [5.74, 6) is 1.28. The third kappa shape index (κ3) is 5.41. The van der Waals surface area contributed by atoms with Gasteiger partial charge in [0.25, 0.3) is 5.91 Å². The molecule has 1 amide bonds. The smallest absolute Gasteiger partial charge is 0.251 e. The molecule has 0 bridgehead atoms. The molecule has 160 valence electrons. The van der Waals surface area contributed by atoms with E-state index in [0.29, 0.717) is 34.8 Å². The zero-order valence-electron chi connectivity index (χ0n) is 18.0. The first-order valence-corrected chi connectivity index (χ1v) is 10.8. The molecule has 0 radical (unpaired) electrons. The summed E-state index contributed by atoms with van der Waals surface area (Å²) in [6, 6.07) is 7.31. The van der Waals surface area contributed by atoms with Gasteiger partial charge in [-0.1, -0.05) is 31.7 Å². The Morgan fingerprint density at radius 1 is 1.23 bits per heavy atom. The second-order valence-corrected chi connectivity index (χ2v) is 8.96. The van der Waals surface area contributed by atoms with Crippen LogP contribution in [0.3, 0.4) is 0 Å². The lowest BCUT2D eigenvalue weighted by Crippen LogP contribution is -2.27. The lowest BCUT2D eigenvalue weighted by Gasteiger charge is -2.12. The van der Waals surface area contributed by atoms with E-state index in [1.54, 1.807) is 47.9 Å².